The molecule has 0 bridgehead atoms. The molecular weight excluding hydrogens is 329 g/mol. The minimum absolute atomic E-state index is 0.0935. The molecule has 2 amide bonds. The van der Waals surface area contributed by atoms with Gasteiger partial charge in [0.2, 0.25) is 11.8 Å². The first-order valence-electron chi connectivity index (χ1n) is 7.75. The van der Waals surface area contributed by atoms with E-state index in [1.165, 1.54) is 31.2 Å². The fourth-order valence-corrected chi connectivity index (χ4v) is 2.23. The summed E-state index contributed by atoms with van der Waals surface area (Å²) in [6.45, 7) is 1.24. The second-order valence-electron chi connectivity index (χ2n) is 5.53. The molecule has 25 heavy (non-hydrogen) atoms. The third kappa shape index (κ3) is 7.44. The van der Waals surface area contributed by atoms with Crippen LogP contribution >= 0.6 is 0 Å². The smallest absolute Gasteiger partial charge is 0.326 e. The molecule has 134 valence electrons. The van der Waals surface area contributed by atoms with E-state index in [4.69, 9.17) is 5.26 Å². The van der Waals surface area contributed by atoms with Crippen LogP contribution in [-0.2, 0) is 20.8 Å². The number of hydrogen-bond donors (Lipinski definition) is 3. The third-order valence-electron chi connectivity index (χ3n) is 3.44. The number of nitrogens with zero attached hydrogens (tertiary/aromatic N) is 1. The highest BCUT2D eigenvalue weighted by atomic mass is 19.1. The lowest BCUT2D eigenvalue weighted by atomic mass is 10.0. The summed E-state index contributed by atoms with van der Waals surface area (Å²) in [7, 11) is 0. The number of halogens is 1. The Morgan fingerprint density at radius 3 is 2.36 bits per heavy atom. The van der Waals surface area contributed by atoms with E-state index >= 15 is 0 Å². The normalized spacial score (nSPS) is 12.5. The lowest BCUT2D eigenvalue weighted by Gasteiger charge is -2.21. The van der Waals surface area contributed by atoms with E-state index < -0.39 is 35.7 Å². The number of aliphatic carboxylic acids is 1. The SMILES string of the molecule is CC(=O)N[C@H](Cc1ccc(F)cc1)C(=O)N[C@H](CCCC#N)C(=O)O. The number of carboxylic acids is 1. The first kappa shape index (κ1) is 20.1. The standard InChI is InChI=1S/C17H20FN3O4/c1-11(22)20-15(10-12-5-7-13(18)8-6-12)16(23)21-14(17(24)25)4-2-3-9-19/h5-8,14-15H,2-4,10H2,1H3,(H,20,22)(H,21,23)(H,24,25)/t14-,15-/m1/s1. The first-order chi connectivity index (χ1) is 11.8. The van der Waals surface area contributed by atoms with Crippen molar-refractivity contribution in [3.05, 3.63) is 35.6 Å². The van der Waals surface area contributed by atoms with Gasteiger partial charge in [0.25, 0.3) is 0 Å². The van der Waals surface area contributed by atoms with Gasteiger partial charge < -0.3 is 15.7 Å². The Morgan fingerprint density at radius 1 is 1.20 bits per heavy atom. The Morgan fingerprint density at radius 2 is 1.84 bits per heavy atom. The maximum atomic E-state index is 13.0. The van der Waals surface area contributed by atoms with Gasteiger partial charge >= 0.3 is 5.97 Å². The quantitative estimate of drug-likeness (QED) is 0.578. The third-order valence-corrected chi connectivity index (χ3v) is 3.44. The zero-order chi connectivity index (χ0) is 18.8. The molecule has 0 aliphatic heterocycles. The average Bonchev–Trinajstić information content (AvgIpc) is 2.54. The summed E-state index contributed by atoms with van der Waals surface area (Å²) in [4.78, 5) is 34.9. The van der Waals surface area contributed by atoms with E-state index in [9.17, 15) is 23.9 Å². The highest BCUT2D eigenvalue weighted by Gasteiger charge is 2.25. The Balaban J connectivity index is 2.80. The van der Waals surface area contributed by atoms with Gasteiger partial charge in [-0.3, -0.25) is 9.59 Å². The molecular formula is C17H20FN3O4. The molecule has 0 radical (unpaired) electrons. The highest BCUT2D eigenvalue weighted by molar-refractivity contribution is 5.90. The molecule has 0 saturated carbocycles. The summed E-state index contributed by atoms with van der Waals surface area (Å²) in [5, 5.41) is 22.5. The van der Waals surface area contributed by atoms with Crippen molar-refractivity contribution in [2.24, 2.45) is 0 Å². The number of carbonyl (C=O) groups excluding carboxylic acids is 2. The highest BCUT2D eigenvalue weighted by Crippen LogP contribution is 2.08. The molecule has 0 aliphatic carbocycles. The zero-order valence-corrected chi connectivity index (χ0v) is 13.8. The van der Waals surface area contributed by atoms with Crippen molar-refractivity contribution >= 4 is 17.8 Å². The molecule has 0 heterocycles. The maximum Gasteiger partial charge on any atom is 0.326 e. The number of carbonyl (C=O) groups is 3. The van der Waals surface area contributed by atoms with Crippen LogP contribution < -0.4 is 10.6 Å². The van der Waals surface area contributed by atoms with Crippen molar-refractivity contribution < 1.29 is 23.9 Å². The molecule has 1 rings (SSSR count). The van der Waals surface area contributed by atoms with E-state index in [-0.39, 0.29) is 19.3 Å². The van der Waals surface area contributed by atoms with Gasteiger partial charge in [0.15, 0.2) is 0 Å². The molecule has 1 aromatic rings. The lowest BCUT2D eigenvalue weighted by Crippen LogP contribution is -2.52. The molecule has 8 heteroatoms. The van der Waals surface area contributed by atoms with E-state index in [0.717, 1.165) is 0 Å². The van der Waals surface area contributed by atoms with Gasteiger partial charge in [0.1, 0.15) is 17.9 Å². The van der Waals surface area contributed by atoms with Gasteiger partial charge in [0, 0.05) is 19.8 Å². The average molecular weight is 349 g/mol. The first-order valence-corrected chi connectivity index (χ1v) is 7.75. The minimum atomic E-state index is -1.21. The topological polar surface area (TPSA) is 119 Å². The molecule has 0 fully saturated rings. The monoisotopic (exact) mass is 349 g/mol. The number of hydrogen-bond acceptors (Lipinski definition) is 4. The second-order valence-corrected chi connectivity index (χ2v) is 5.53. The Bertz CT molecular complexity index is 655. The van der Waals surface area contributed by atoms with E-state index in [0.29, 0.717) is 12.0 Å². The van der Waals surface area contributed by atoms with Crippen molar-refractivity contribution in [1.29, 1.82) is 5.26 Å². The van der Waals surface area contributed by atoms with Crippen LogP contribution in [0.5, 0.6) is 0 Å². The van der Waals surface area contributed by atoms with Crippen LogP contribution in [-0.4, -0.2) is 35.0 Å². The summed E-state index contributed by atoms with van der Waals surface area (Å²) < 4.78 is 13.0. The Kier molecular flexibility index (Phi) is 8.06. The number of unbranched alkanes of at least 4 members (excludes halogenated alkanes) is 1. The number of nitrogens with one attached hydrogen (secondary N) is 2. The van der Waals surface area contributed by atoms with E-state index in [1.807, 2.05) is 6.07 Å². The van der Waals surface area contributed by atoms with Crippen LogP contribution in [0, 0.1) is 17.1 Å². The number of nitriles is 1. The van der Waals surface area contributed by atoms with Gasteiger partial charge in [0.05, 0.1) is 6.07 Å². The predicted molar refractivity (Wildman–Crippen MR) is 86.7 cm³/mol. The van der Waals surface area contributed by atoms with Crippen LogP contribution in [0.4, 0.5) is 4.39 Å². The molecule has 0 aliphatic rings. The van der Waals surface area contributed by atoms with E-state index in [2.05, 4.69) is 10.6 Å². The van der Waals surface area contributed by atoms with Gasteiger partial charge in [-0.05, 0) is 30.5 Å². The second kappa shape index (κ2) is 10.0. The fourth-order valence-electron chi connectivity index (χ4n) is 2.23. The molecule has 0 aromatic heterocycles. The number of carboxylic acid groups (broad SMARTS) is 1. The lowest BCUT2D eigenvalue weighted by molar-refractivity contribution is -0.142. The van der Waals surface area contributed by atoms with Crippen LogP contribution in [0.2, 0.25) is 0 Å². The fraction of sp³-hybridized carbons (Fsp3) is 0.412. The number of amides is 2. The molecule has 0 saturated heterocycles. The van der Waals surface area contributed by atoms with Crippen LogP contribution in [0.1, 0.15) is 31.7 Å². The summed E-state index contributed by atoms with van der Waals surface area (Å²) in [5.74, 6) is -2.73. The van der Waals surface area contributed by atoms with Crippen molar-refractivity contribution in [2.75, 3.05) is 0 Å². The minimum Gasteiger partial charge on any atom is -0.480 e. The molecule has 0 spiro atoms. The number of rotatable bonds is 9. The van der Waals surface area contributed by atoms with Gasteiger partial charge in [-0.2, -0.15) is 5.26 Å². The summed E-state index contributed by atoms with van der Waals surface area (Å²) in [6, 6.07) is 5.22. The van der Waals surface area contributed by atoms with Gasteiger partial charge in [-0.1, -0.05) is 12.1 Å². The molecule has 2 atom stereocenters. The van der Waals surface area contributed by atoms with Crippen LogP contribution in [0.15, 0.2) is 24.3 Å². The molecule has 3 N–H and O–H groups in total. The Hall–Kier alpha value is -2.95. The van der Waals surface area contributed by atoms with Crippen molar-refractivity contribution in [3.8, 4) is 6.07 Å². The van der Waals surface area contributed by atoms with Gasteiger partial charge in [-0.15, -0.1) is 0 Å². The van der Waals surface area contributed by atoms with Crippen LogP contribution in [0.3, 0.4) is 0 Å². The largest absolute Gasteiger partial charge is 0.480 e. The predicted octanol–water partition coefficient (Wildman–Crippen LogP) is 1.14. The maximum absolute atomic E-state index is 13.0. The molecule has 7 nitrogen and oxygen atoms in total. The summed E-state index contributed by atoms with van der Waals surface area (Å²) in [5.41, 5.74) is 0.617. The van der Waals surface area contributed by atoms with Gasteiger partial charge in [-0.25, -0.2) is 9.18 Å². The van der Waals surface area contributed by atoms with Crippen LogP contribution in [0.25, 0.3) is 0 Å². The molecule has 0 unspecified atom stereocenters. The summed E-state index contributed by atoms with van der Waals surface area (Å²) >= 11 is 0. The number of benzene rings is 1. The van der Waals surface area contributed by atoms with Crippen molar-refractivity contribution in [3.63, 3.8) is 0 Å². The Labute approximate surface area is 144 Å². The molecule has 1 aromatic carbocycles. The van der Waals surface area contributed by atoms with E-state index in [1.54, 1.807) is 0 Å². The zero-order valence-electron chi connectivity index (χ0n) is 13.8. The van der Waals surface area contributed by atoms with Crippen molar-refractivity contribution in [2.45, 2.75) is 44.7 Å². The van der Waals surface area contributed by atoms with Crippen molar-refractivity contribution in [1.82, 2.24) is 10.6 Å². The summed E-state index contributed by atoms with van der Waals surface area (Å²) in [6.07, 6.45) is 0.717.